The van der Waals surface area contributed by atoms with E-state index in [0.717, 1.165) is 19.3 Å². The summed E-state index contributed by atoms with van der Waals surface area (Å²) in [6.07, 6.45) is 5.43. The quantitative estimate of drug-likeness (QED) is 0.722. The molecule has 1 heterocycles. The Morgan fingerprint density at radius 3 is 2.47 bits per heavy atom. The van der Waals surface area contributed by atoms with Crippen molar-refractivity contribution in [3.8, 4) is 0 Å². The van der Waals surface area contributed by atoms with Gasteiger partial charge in [-0.25, -0.2) is 4.98 Å². The van der Waals surface area contributed by atoms with Gasteiger partial charge in [-0.15, -0.1) is 0 Å². The number of hydrogen-bond acceptors (Lipinski definition) is 3. The zero-order valence-corrected chi connectivity index (χ0v) is 8.13. The summed E-state index contributed by atoms with van der Waals surface area (Å²) in [6, 6.07) is 0. The summed E-state index contributed by atoms with van der Waals surface area (Å²) in [4.78, 5) is 6.51. The molecular weight excluding hydrogens is 202 g/mol. The molecule has 0 atom stereocenters. The van der Waals surface area contributed by atoms with E-state index in [2.05, 4.69) is 9.97 Å². The second-order valence-electron chi connectivity index (χ2n) is 3.87. The Kier molecular flexibility index (Phi) is 2.65. The Balaban J connectivity index is 2.39. The molecule has 1 radical (unpaired) electrons. The van der Waals surface area contributed by atoms with Crippen LogP contribution in [0.2, 0.25) is 0 Å². The number of halogens is 2. The second-order valence-corrected chi connectivity index (χ2v) is 3.87. The van der Waals surface area contributed by atoms with Crippen molar-refractivity contribution in [3.63, 3.8) is 0 Å². The van der Waals surface area contributed by atoms with Crippen LogP contribution in [0.4, 0.5) is 8.78 Å². The van der Waals surface area contributed by atoms with Gasteiger partial charge in [-0.2, -0.15) is 13.8 Å². The summed E-state index contributed by atoms with van der Waals surface area (Å²) in [5.74, 6) is -2.41. The lowest BCUT2D eigenvalue weighted by Gasteiger charge is -2.31. The molecule has 1 aliphatic carbocycles. The third-order valence-corrected chi connectivity index (χ3v) is 2.82. The molecule has 5 heteroatoms. The molecule has 1 saturated carbocycles. The minimum absolute atomic E-state index is 0.255. The average Bonchev–Trinajstić information content (AvgIpc) is 2.23. The SMILES string of the molecule is OC1(c2n[c]nc(F)c2F)CCCCC1. The monoisotopic (exact) mass is 213 g/mol. The van der Waals surface area contributed by atoms with Gasteiger partial charge in [0, 0.05) is 0 Å². The number of rotatable bonds is 1. The fourth-order valence-electron chi connectivity index (χ4n) is 2.00. The normalized spacial score (nSPS) is 20.2. The van der Waals surface area contributed by atoms with Crippen LogP contribution >= 0.6 is 0 Å². The highest BCUT2D eigenvalue weighted by atomic mass is 19.2. The predicted octanol–water partition coefficient (Wildman–Crippen LogP) is 1.71. The summed E-state index contributed by atoms with van der Waals surface area (Å²) in [6.45, 7) is 0. The van der Waals surface area contributed by atoms with Crippen molar-refractivity contribution in [3.05, 3.63) is 23.8 Å². The van der Waals surface area contributed by atoms with Crippen molar-refractivity contribution in [2.24, 2.45) is 0 Å². The van der Waals surface area contributed by atoms with Gasteiger partial charge in [0.2, 0.25) is 12.1 Å². The first-order valence-electron chi connectivity index (χ1n) is 4.95. The standard InChI is InChI=1S/C10H11F2N2O/c11-7-8(13-6-14-9(7)12)10(15)4-2-1-3-5-10/h15H,1-5H2. The van der Waals surface area contributed by atoms with Gasteiger partial charge >= 0.3 is 0 Å². The van der Waals surface area contributed by atoms with Gasteiger partial charge in [0.25, 0.3) is 5.95 Å². The Bertz CT molecular complexity index is 364. The maximum Gasteiger partial charge on any atom is 0.253 e. The molecule has 1 aromatic heterocycles. The molecule has 0 bridgehead atoms. The van der Waals surface area contributed by atoms with Crippen molar-refractivity contribution in [2.45, 2.75) is 37.7 Å². The van der Waals surface area contributed by atoms with Crippen molar-refractivity contribution >= 4 is 0 Å². The highest BCUT2D eigenvalue weighted by Gasteiger charge is 2.36. The van der Waals surface area contributed by atoms with E-state index in [9.17, 15) is 13.9 Å². The largest absolute Gasteiger partial charge is 0.383 e. The Morgan fingerprint density at radius 2 is 1.80 bits per heavy atom. The van der Waals surface area contributed by atoms with E-state index >= 15 is 0 Å². The van der Waals surface area contributed by atoms with E-state index in [-0.39, 0.29) is 5.69 Å². The minimum atomic E-state index is -1.34. The molecule has 1 aliphatic rings. The lowest BCUT2D eigenvalue weighted by atomic mass is 9.82. The van der Waals surface area contributed by atoms with Crippen molar-refractivity contribution < 1.29 is 13.9 Å². The van der Waals surface area contributed by atoms with Crippen LogP contribution in [-0.4, -0.2) is 15.1 Å². The van der Waals surface area contributed by atoms with Crippen LogP contribution in [0.3, 0.4) is 0 Å². The fraction of sp³-hybridized carbons (Fsp3) is 0.600. The molecule has 0 aromatic carbocycles. The molecule has 1 N–H and O–H groups in total. The van der Waals surface area contributed by atoms with Crippen molar-refractivity contribution in [1.29, 1.82) is 0 Å². The molecule has 0 aliphatic heterocycles. The Hall–Kier alpha value is -1.10. The summed E-state index contributed by atoms with van der Waals surface area (Å²) < 4.78 is 26.2. The Morgan fingerprint density at radius 1 is 1.13 bits per heavy atom. The van der Waals surface area contributed by atoms with Crippen LogP contribution in [0.1, 0.15) is 37.8 Å². The number of nitrogens with zero attached hydrogens (tertiary/aromatic N) is 2. The van der Waals surface area contributed by atoms with Crippen LogP contribution in [0, 0.1) is 18.1 Å². The van der Waals surface area contributed by atoms with Crippen molar-refractivity contribution in [1.82, 2.24) is 9.97 Å². The molecule has 0 spiro atoms. The first-order valence-corrected chi connectivity index (χ1v) is 4.95. The third-order valence-electron chi connectivity index (χ3n) is 2.82. The molecule has 0 saturated heterocycles. The molecule has 2 rings (SSSR count). The maximum atomic E-state index is 13.4. The van der Waals surface area contributed by atoms with Gasteiger partial charge in [-0.1, -0.05) is 19.3 Å². The summed E-state index contributed by atoms with van der Waals surface area (Å²) in [5, 5.41) is 10.1. The zero-order chi connectivity index (χ0) is 10.9. The smallest absolute Gasteiger partial charge is 0.253 e. The molecule has 0 amide bonds. The number of aliphatic hydroxyl groups is 1. The van der Waals surface area contributed by atoms with Crippen LogP contribution in [-0.2, 0) is 5.60 Å². The van der Waals surface area contributed by atoms with Crippen molar-refractivity contribution in [2.75, 3.05) is 0 Å². The van der Waals surface area contributed by atoms with E-state index < -0.39 is 17.4 Å². The van der Waals surface area contributed by atoms with Crippen LogP contribution in [0.25, 0.3) is 0 Å². The highest BCUT2D eigenvalue weighted by molar-refractivity contribution is 5.14. The number of aromatic nitrogens is 2. The maximum absolute atomic E-state index is 13.4. The van der Waals surface area contributed by atoms with E-state index in [1.807, 2.05) is 6.33 Å². The fourth-order valence-corrected chi connectivity index (χ4v) is 2.00. The van der Waals surface area contributed by atoms with Gasteiger partial charge in [0.15, 0.2) is 0 Å². The van der Waals surface area contributed by atoms with Gasteiger partial charge < -0.3 is 5.11 Å². The molecule has 81 valence electrons. The summed E-state index contributed by atoms with van der Waals surface area (Å²) in [7, 11) is 0. The lowest BCUT2D eigenvalue weighted by molar-refractivity contribution is -0.00899. The van der Waals surface area contributed by atoms with E-state index in [4.69, 9.17) is 0 Å². The second kappa shape index (κ2) is 3.81. The molecule has 0 unspecified atom stereocenters. The van der Waals surface area contributed by atoms with Crippen LogP contribution in [0.15, 0.2) is 0 Å². The first kappa shape index (κ1) is 10.4. The van der Waals surface area contributed by atoms with Gasteiger partial charge in [0.05, 0.1) is 0 Å². The van der Waals surface area contributed by atoms with E-state index in [1.54, 1.807) is 0 Å². The molecule has 3 nitrogen and oxygen atoms in total. The topological polar surface area (TPSA) is 46.0 Å². The van der Waals surface area contributed by atoms with E-state index in [0.29, 0.717) is 12.8 Å². The highest BCUT2D eigenvalue weighted by Crippen LogP contribution is 2.36. The van der Waals surface area contributed by atoms with E-state index in [1.165, 1.54) is 0 Å². The molecule has 15 heavy (non-hydrogen) atoms. The lowest BCUT2D eigenvalue weighted by Crippen LogP contribution is -2.31. The summed E-state index contributed by atoms with van der Waals surface area (Å²) >= 11 is 0. The summed E-state index contributed by atoms with van der Waals surface area (Å²) in [5.41, 5.74) is -1.60. The van der Waals surface area contributed by atoms with Crippen LogP contribution in [0.5, 0.6) is 0 Å². The predicted molar refractivity (Wildman–Crippen MR) is 47.8 cm³/mol. The van der Waals surface area contributed by atoms with Gasteiger partial charge in [0.1, 0.15) is 11.3 Å². The van der Waals surface area contributed by atoms with Gasteiger partial charge in [-0.3, -0.25) is 0 Å². The van der Waals surface area contributed by atoms with Gasteiger partial charge in [-0.05, 0) is 12.8 Å². The first-order chi connectivity index (χ1) is 7.13. The molecular formula is C10H11F2N2O. The third kappa shape index (κ3) is 1.84. The number of hydrogen-bond donors (Lipinski definition) is 1. The molecule has 1 fully saturated rings. The zero-order valence-electron chi connectivity index (χ0n) is 8.13. The molecule has 1 aromatic rings. The minimum Gasteiger partial charge on any atom is -0.383 e. The average molecular weight is 213 g/mol. The Labute approximate surface area is 86.2 Å². The van der Waals surface area contributed by atoms with Crippen LogP contribution < -0.4 is 0 Å².